The first-order valence-electron chi connectivity index (χ1n) is 8.04. The van der Waals surface area contributed by atoms with Gasteiger partial charge >= 0.3 is 0 Å². The maximum atomic E-state index is 5.93. The second-order valence-electron chi connectivity index (χ2n) is 5.76. The summed E-state index contributed by atoms with van der Waals surface area (Å²) < 4.78 is 7.06. The van der Waals surface area contributed by atoms with Gasteiger partial charge < -0.3 is 15.4 Å². The Morgan fingerprint density at radius 1 is 1.12 bits per heavy atom. The van der Waals surface area contributed by atoms with Crippen LogP contribution in [0.25, 0.3) is 0 Å². The number of aromatic nitrogens is 2. The average Bonchev–Trinajstić information content (AvgIpc) is 2.96. The molecule has 1 heterocycles. The summed E-state index contributed by atoms with van der Waals surface area (Å²) in [5, 5.41) is 12.0. The summed E-state index contributed by atoms with van der Waals surface area (Å²) in [7, 11) is 1.64. The third-order valence-electron chi connectivity index (χ3n) is 3.82. The molecule has 0 spiro atoms. The molecule has 0 atom stereocenters. The van der Waals surface area contributed by atoms with Gasteiger partial charge in [-0.05, 0) is 61.1 Å². The highest BCUT2D eigenvalue weighted by molar-refractivity contribution is 7.80. The van der Waals surface area contributed by atoms with E-state index in [1.54, 1.807) is 7.11 Å². The van der Waals surface area contributed by atoms with Crippen molar-refractivity contribution < 1.29 is 4.74 Å². The molecule has 26 heavy (non-hydrogen) atoms. The molecule has 1 aromatic heterocycles. The third-order valence-corrected chi connectivity index (χ3v) is 4.27. The first-order chi connectivity index (χ1) is 12.5. The largest absolute Gasteiger partial charge is 0.497 e. The van der Waals surface area contributed by atoms with Gasteiger partial charge in [0.25, 0.3) is 0 Å². The molecule has 0 amide bonds. The Balaban J connectivity index is 1.62. The Bertz CT molecular complexity index is 891. The number of benzene rings is 2. The first-order valence-corrected chi connectivity index (χ1v) is 8.83. The van der Waals surface area contributed by atoms with Crippen molar-refractivity contribution in [1.29, 1.82) is 0 Å². The Morgan fingerprint density at radius 2 is 1.81 bits per heavy atom. The Kier molecular flexibility index (Phi) is 5.75. The van der Waals surface area contributed by atoms with E-state index in [1.165, 1.54) is 0 Å². The summed E-state index contributed by atoms with van der Waals surface area (Å²) >= 11 is 11.3. The van der Waals surface area contributed by atoms with Crippen LogP contribution in [-0.4, -0.2) is 22.0 Å². The van der Waals surface area contributed by atoms with Crippen molar-refractivity contribution in [3.05, 3.63) is 70.9 Å². The predicted octanol–water partition coefficient (Wildman–Crippen LogP) is 4.71. The molecule has 134 valence electrons. The molecule has 0 aliphatic heterocycles. The molecule has 7 heteroatoms. The number of nitrogens with one attached hydrogen (secondary N) is 2. The zero-order chi connectivity index (χ0) is 18.5. The van der Waals surface area contributed by atoms with Crippen LogP contribution in [0, 0.1) is 6.92 Å². The molecule has 2 aromatic carbocycles. The molecule has 5 nitrogen and oxygen atoms in total. The fourth-order valence-corrected chi connectivity index (χ4v) is 2.80. The molecular formula is C19H19ClN4OS. The van der Waals surface area contributed by atoms with E-state index in [-0.39, 0.29) is 0 Å². The highest BCUT2D eigenvalue weighted by atomic mass is 35.5. The van der Waals surface area contributed by atoms with Crippen molar-refractivity contribution in [2.75, 3.05) is 17.7 Å². The highest BCUT2D eigenvalue weighted by Crippen LogP contribution is 2.17. The lowest BCUT2D eigenvalue weighted by Crippen LogP contribution is -2.19. The number of methoxy groups -OCH3 is 1. The lowest BCUT2D eigenvalue weighted by Gasteiger charge is -2.09. The number of hydrogen-bond acceptors (Lipinski definition) is 3. The van der Waals surface area contributed by atoms with Gasteiger partial charge in [0.1, 0.15) is 5.75 Å². The van der Waals surface area contributed by atoms with E-state index in [9.17, 15) is 0 Å². The Morgan fingerprint density at radius 3 is 2.46 bits per heavy atom. The van der Waals surface area contributed by atoms with Gasteiger partial charge in [-0.25, -0.2) is 0 Å². The van der Waals surface area contributed by atoms with Crippen molar-refractivity contribution in [3.8, 4) is 5.75 Å². The summed E-state index contributed by atoms with van der Waals surface area (Å²) in [6, 6.07) is 17.2. The zero-order valence-electron chi connectivity index (χ0n) is 14.5. The van der Waals surface area contributed by atoms with Gasteiger partial charge in [0.2, 0.25) is 0 Å². The third kappa shape index (κ3) is 4.74. The minimum absolute atomic E-state index is 0.478. The summed E-state index contributed by atoms with van der Waals surface area (Å²) in [6.07, 6.45) is 0. The van der Waals surface area contributed by atoms with Crippen LogP contribution in [0.15, 0.2) is 54.6 Å². The van der Waals surface area contributed by atoms with Crippen molar-refractivity contribution in [2.24, 2.45) is 0 Å². The van der Waals surface area contributed by atoms with Gasteiger partial charge in [-0.3, -0.25) is 4.68 Å². The van der Waals surface area contributed by atoms with Crippen LogP contribution in [0.3, 0.4) is 0 Å². The fourth-order valence-electron chi connectivity index (χ4n) is 2.45. The number of thiocarbonyl (C=S) groups is 1. The monoisotopic (exact) mass is 386 g/mol. The molecule has 0 saturated heterocycles. The summed E-state index contributed by atoms with van der Waals surface area (Å²) in [6.45, 7) is 2.68. The van der Waals surface area contributed by atoms with E-state index < -0.39 is 0 Å². The van der Waals surface area contributed by atoms with E-state index in [2.05, 4.69) is 15.7 Å². The number of rotatable bonds is 5. The normalized spacial score (nSPS) is 10.4. The van der Waals surface area contributed by atoms with Crippen LogP contribution in [0.2, 0.25) is 5.02 Å². The Labute approximate surface area is 162 Å². The molecule has 0 fully saturated rings. The molecule has 0 bridgehead atoms. The van der Waals surface area contributed by atoms with Crippen LogP contribution in [0.4, 0.5) is 11.5 Å². The van der Waals surface area contributed by atoms with Gasteiger partial charge in [0, 0.05) is 22.5 Å². The maximum Gasteiger partial charge on any atom is 0.176 e. The number of halogens is 1. The van der Waals surface area contributed by atoms with Crippen LogP contribution >= 0.6 is 23.8 Å². The van der Waals surface area contributed by atoms with Gasteiger partial charge in [0.05, 0.1) is 13.7 Å². The lowest BCUT2D eigenvalue weighted by molar-refractivity contribution is 0.415. The van der Waals surface area contributed by atoms with Crippen LogP contribution < -0.4 is 15.4 Å². The number of anilines is 2. The predicted molar refractivity (Wildman–Crippen MR) is 110 cm³/mol. The standard InChI is InChI=1S/C19H19ClN4OS/c1-13-11-18(23-24(13)12-14-3-5-15(20)6-4-14)22-19(26)21-16-7-9-17(25-2)10-8-16/h3-11H,12H2,1-2H3,(H2,21,22,23,26). The highest BCUT2D eigenvalue weighted by Gasteiger charge is 2.07. The number of ether oxygens (including phenoxy) is 1. The van der Waals surface area contributed by atoms with E-state index in [1.807, 2.05) is 66.2 Å². The second-order valence-corrected chi connectivity index (χ2v) is 6.61. The smallest absolute Gasteiger partial charge is 0.176 e. The zero-order valence-corrected chi connectivity index (χ0v) is 16.1. The summed E-state index contributed by atoms with van der Waals surface area (Å²) in [5.41, 5.74) is 3.04. The molecule has 0 radical (unpaired) electrons. The summed E-state index contributed by atoms with van der Waals surface area (Å²) in [4.78, 5) is 0. The minimum Gasteiger partial charge on any atom is -0.497 e. The number of hydrogen-bond donors (Lipinski definition) is 2. The quantitative estimate of drug-likeness (QED) is 0.622. The molecule has 3 rings (SSSR count). The van der Waals surface area contributed by atoms with Crippen molar-refractivity contribution in [3.63, 3.8) is 0 Å². The van der Waals surface area contributed by atoms with E-state index in [0.717, 1.165) is 27.7 Å². The second kappa shape index (κ2) is 8.21. The van der Waals surface area contributed by atoms with E-state index >= 15 is 0 Å². The Hall–Kier alpha value is -2.57. The minimum atomic E-state index is 0.478. The molecule has 2 N–H and O–H groups in total. The van der Waals surface area contributed by atoms with Gasteiger partial charge in [-0.15, -0.1) is 0 Å². The van der Waals surface area contributed by atoms with Gasteiger partial charge in [-0.1, -0.05) is 23.7 Å². The number of aryl methyl sites for hydroxylation is 1. The topological polar surface area (TPSA) is 51.1 Å². The lowest BCUT2D eigenvalue weighted by atomic mass is 10.2. The SMILES string of the molecule is COc1ccc(NC(=S)Nc2cc(C)n(Cc3ccc(Cl)cc3)n2)cc1. The summed E-state index contributed by atoms with van der Waals surface area (Å²) in [5.74, 6) is 1.49. The molecule has 0 unspecified atom stereocenters. The van der Waals surface area contributed by atoms with Crippen molar-refractivity contribution in [1.82, 2.24) is 9.78 Å². The van der Waals surface area contributed by atoms with Crippen molar-refractivity contribution in [2.45, 2.75) is 13.5 Å². The van der Waals surface area contributed by atoms with Crippen molar-refractivity contribution >= 4 is 40.4 Å². The molecule has 0 aliphatic rings. The van der Waals surface area contributed by atoms with Gasteiger partial charge in [-0.2, -0.15) is 5.10 Å². The molecule has 0 saturated carbocycles. The average molecular weight is 387 g/mol. The van der Waals surface area contributed by atoms with Crippen LogP contribution in [-0.2, 0) is 6.54 Å². The first kappa shape index (κ1) is 18.2. The molecule has 0 aliphatic carbocycles. The number of nitrogens with zero attached hydrogens (tertiary/aromatic N) is 2. The van der Waals surface area contributed by atoms with Crippen LogP contribution in [0.1, 0.15) is 11.3 Å². The molecule has 3 aromatic rings. The molecular weight excluding hydrogens is 368 g/mol. The van der Waals surface area contributed by atoms with Crippen LogP contribution in [0.5, 0.6) is 5.75 Å². The van der Waals surface area contributed by atoms with E-state index in [0.29, 0.717) is 17.5 Å². The van der Waals surface area contributed by atoms with Gasteiger partial charge in [0.15, 0.2) is 10.9 Å². The van der Waals surface area contributed by atoms with E-state index in [4.69, 9.17) is 28.6 Å². The maximum absolute atomic E-state index is 5.93. The fraction of sp³-hybridized carbons (Fsp3) is 0.158.